The lowest BCUT2D eigenvalue weighted by molar-refractivity contribution is -0.142. The Morgan fingerprint density at radius 2 is 1.14 bits per heavy atom. The molecule has 0 saturated carbocycles. The highest BCUT2D eigenvalue weighted by Crippen LogP contribution is 2.21. The van der Waals surface area contributed by atoms with Crippen molar-refractivity contribution in [1.29, 1.82) is 0 Å². The van der Waals surface area contributed by atoms with Gasteiger partial charge in [-0.3, -0.25) is 14.4 Å². The number of para-hydroxylation sites is 2. The van der Waals surface area contributed by atoms with Crippen molar-refractivity contribution < 1.29 is 29.4 Å². The van der Waals surface area contributed by atoms with Crippen molar-refractivity contribution in [1.82, 2.24) is 25.9 Å². The molecule has 0 bridgehead atoms. The lowest BCUT2D eigenvalue weighted by atomic mass is 9.99. The molecule has 5 rings (SSSR count). The molecule has 0 aliphatic heterocycles. The number of phenolic OH excluding ortho intramolecular Hbond substituents is 1. The third-order valence-corrected chi connectivity index (χ3v) is 8.51. The number of fused-ring (bicyclic) bond motifs is 2. The molecule has 0 saturated heterocycles. The van der Waals surface area contributed by atoms with Crippen LogP contribution in [-0.2, 0) is 38.4 Å². The molecule has 4 atom stereocenters. The van der Waals surface area contributed by atoms with Crippen molar-refractivity contribution in [3.63, 3.8) is 0 Å². The van der Waals surface area contributed by atoms with Crippen LogP contribution in [0.3, 0.4) is 0 Å². The molecule has 0 radical (unpaired) electrons. The second kappa shape index (κ2) is 15.5. The second-order valence-corrected chi connectivity index (χ2v) is 12.8. The van der Waals surface area contributed by atoms with Gasteiger partial charge in [-0.1, -0.05) is 62.4 Å². The number of aliphatic carboxylic acids is 1. The summed E-state index contributed by atoms with van der Waals surface area (Å²) < 4.78 is 0. The molecular formula is C37H42N6O6. The Balaban J connectivity index is 1.42. The SMILES string of the molecule is CC(C)CC(NC(=O)C(Cc1c[nH]c2ccccc12)NC(=O)C(Cc1c[nH]c2ccccc12)NC(=O)C(N)Cc1ccc(O)cc1)C(=O)O. The lowest BCUT2D eigenvalue weighted by Crippen LogP contribution is -2.58. The first-order valence-electron chi connectivity index (χ1n) is 16.3. The van der Waals surface area contributed by atoms with E-state index in [4.69, 9.17) is 5.73 Å². The number of benzene rings is 3. The minimum absolute atomic E-state index is 0.00962. The molecule has 2 aromatic heterocycles. The molecule has 9 N–H and O–H groups in total. The molecule has 5 aromatic rings. The summed E-state index contributed by atoms with van der Waals surface area (Å²) in [6, 6.07) is 16.9. The number of amides is 3. The van der Waals surface area contributed by atoms with Gasteiger partial charge in [-0.05, 0) is 59.7 Å². The Hall–Kier alpha value is -5.62. The van der Waals surface area contributed by atoms with Crippen molar-refractivity contribution >= 4 is 45.5 Å². The fourth-order valence-electron chi connectivity index (χ4n) is 5.95. The summed E-state index contributed by atoms with van der Waals surface area (Å²) in [4.78, 5) is 59.8. The number of nitrogens with two attached hydrogens (primary N) is 1. The first kappa shape index (κ1) is 34.7. The van der Waals surface area contributed by atoms with Gasteiger partial charge in [-0.2, -0.15) is 0 Å². The van der Waals surface area contributed by atoms with Crippen LogP contribution in [0.15, 0.2) is 85.2 Å². The number of rotatable bonds is 15. The van der Waals surface area contributed by atoms with Crippen LogP contribution in [0.2, 0.25) is 0 Å². The number of carbonyl (C=O) groups is 4. The van der Waals surface area contributed by atoms with E-state index in [9.17, 15) is 29.4 Å². The fourth-order valence-corrected chi connectivity index (χ4v) is 5.95. The van der Waals surface area contributed by atoms with Gasteiger partial charge in [0.05, 0.1) is 6.04 Å². The first-order valence-corrected chi connectivity index (χ1v) is 16.3. The van der Waals surface area contributed by atoms with Gasteiger partial charge in [0.1, 0.15) is 23.9 Å². The molecule has 2 heterocycles. The van der Waals surface area contributed by atoms with E-state index in [0.717, 1.165) is 38.5 Å². The van der Waals surface area contributed by atoms with Crippen LogP contribution >= 0.6 is 0 Å². The summed E-state index contributed by atoms with van der Waals surface area (Å²) in [6.07, 6.45) is 4.03. The van der Waals surface area contributed by atoms with E-state index in [2.05, 4.69) is 25.9 Å². The number of aromatic hydroxyl groups is 1. The largest absolute Gasteiger partial charge is 0.508 e. The van der Waals surface area contributed by atoms with Crippen molar-refractivity contribution in [2.75, 3.05) is 0 Å². The molecular weight excluding hydrogens is 624 g/mol. The summed E-state index contributed by atoms with van der Waals surface area (Å²) in [5, 5.41) is 29.4. The number of aromatic nitrogens is 2. The molecule has 0 aliphatic carbocycles. The van der Waals surface area contributed by atoms with Gasteiger partial charge in [-0.15, -0.1) is 0 Å². The van der Waals surface area contributed by atoms with Crippen LogP contribution < -0.4 is 21.7 Å². The predicted molar refractivity (Wildman–Crippen MR) is 187 cm³/mol. The van der Waals surface area contributed by atoms with Crippen LogP contribution in [-0.4, -0.2) is 68.0 Å². The number of carboxylic acid groups (broad SMARTS) is 1. The molecule has 0 spiro atoms. The Morgan fingerprint density at radius 3 is 1.63 bits per heavy atom. The van der Waals surface area contributed by atoms with Crippen molar-refractivity contribution in [3.8, 4) is 5.75 Å². The average Bonchev–Trinajstić information content (AvgIpc) is 3.68. The van der Waals surface area contributed by atoms with Crippen LogP contribution in [0, 0.1) is 5.92 Å². The third-order valence-electron chi connectivity index (χ3n) is 8.51. The molecule has 12 nitrogen and oxygen atoms in total. The number of carboxylic acids is 1. The molecule has 0 aliphatic rings. The van der Waals surface area contributed by atoms with Gasteiger partial charge in [0.25, 0.3) is 0 Å². The number of hydrogen-bond acceptors (Lipinski definition) is 6. The molecule has 256 valence electrons. The van der Waals surface area contributed by atoms with Gasteiger partial charge in [0.15, 0.2) is 0 Å². The van der Waals surface area contributed by atoms with E-state index in [-0.39, 0.29) is 37.4 Å². The fraction of sp³-hybridized carbons (Fsp3) is 0.297. The van der Waals surface area contributed by atoms with E-state index in [1.807, 2.05) is 62.4 Å². The predicted octanol–water partition coefficient (Wildman–Crippen LogP) is 3.30. The zero-order valence-corrected chi connectivity index (χ0v) is 27.4. The van der Waals surface area contributed by atoms with Gasteiger partial charge >= 0.3 is 5.97 Å². The highest BCUT2D eigenvalue weighted by Gasteiger charge is 2.32. The summed E-state index contributed by atoms with van der Waals surface area (Å²) in [5.41, 5.74) is 10.2. The Bertz CT molecular complexity index is 1930. The summed E-state index contributed by atoms with van der Waals surface area (Å²) in [7, 11) is 0. The molecule has 3 amide bonds. The second-order valence-electron chi connectivity index (χ2n) is 12.8. The highest BCUT2D eigenvalue weighted by molar-refractivity contribution is 5.95. The van der Waals surface area contributed by atoms with Crippen LogP contribution in [0.25, 0.3) is 21.8 Å². The van der Waals surface area contributed by atoms with Crippen molar-refractivity contribution in [2.45, 2.75) is 63.7 Å². The van der Waals surface area contributed by atoms with E-state index >= 15 is 0 Å². The number of nitrogens with one attached hydrogen (secondary N) is 5. The van der Waals surface area contributed by atoms with E-state index in [1.165, 1.54) is 12.1 Å². The molecule has 4 unspecified atom stereocenters. The van der Waals surface area contributed by atoms with E-state index in [0.29, 0.717) is 0 Å². The van der Waals surface area contributed by atoms with Gasteiger partial charge in [0.2, 0.25) is 17.7 Å². The number of phenols is 1. The zero-order chi connectivity index (χ0) is 35.1. The quantitative estimate of drug-likeness (QED) is 0.0837. The molecule has 0 fully saturated rings. The first-order chi connectivity index (χ1) is 23.5. The lowest BCUT2D eigenvalue weighted by Gasteiger charge is -2.26. The monoisotopic (exact) mass is 666 g/mol. The molecule has 12 heteroatoms. The average molecular weight is 667 g/mol. The van der Waals surface area contributed by atoms with Crippen LogP contribution in [0.1, 0.15) is 37.0 Å². The Labute approximate surface area is 283 Å². The summed E-state index contributed by atoms with van der Waals surface area (Å²) in [6.45, 7) is 3.72. The number of aromatic amines is 2. The summed E-state index contributed by atoms with van der Waals surface area (Å²) in [5.74, 6) is -2.97. The minimum Gasteiger partial charge on any atom is -0.508 e. The topological polar surface area (TPSA) is 202 Å². The summed E-state index contributed by atoms with van der Waals surface area (Å²) >= 11 is 0. The van der Waals surface area contributed by atoms with Crippen LogP contribution in [0.5, 0.6) is 5.75 Å². The third kappa shape index (κ3) is 8.85. The normalized spacial score (nSPS) is 13.9. The van der Waals surface area contributed by atoms with Crippen molar-refractivity contribution in [2.24, 2.45) is 11.7 Å². The molecule has 49 heavy (non-hydrogen) atoms. The number of carbonyl (C=O) groups excluding carboxylic acids is 3. The van der Waals surface area contributed by atoms with Gasteiger partial charge in [-0.25, -0.2) is 4.79 Å². The maximum Gasteiger partial charge on any atom is 0.326 e. The maximum atomic E-state index is 14.2. The van der Waals surface area contributed by atoms with Crippen LogP contribution in [0.4, 0.5) is 0 Å². The van der Waals surface area contributed by atoms with Gasteiger partial charge < -0.3 is 41.9 Å². The Morgan fingerprint density at radius 1 is 0.673 bits per heavy atom. The van der Waals surface area contributed by atoms with Crippen molar-refractivity contribution in [3.05, 3.63) is 102 Å². The number of hydrogen-bond donors (Lipinski definition) is 8. The zero-order valence-electron chi connectivity index (χ0n) is 27.4. The highest BCUT2D eigenvalue weighted by atomic mass is 16.4. The van der Waals surface area contributed by atoms with E-state index < -0.39 is 47.9 Å². The van der Waals surface area contributed by atoms with Gasteiger partial charge in [0, 0.05) is 47.0 Å². The number of H-pyrrole nitrogens is 2. The molecule has 3 aromatic carbocycles. The standard InChI is InChI=1S/C37H42N6O6/c1-21(2)15-33(37(48)49)43-36(47)32(18-24-20-40-30-10-6-4-8-27(24)30)42-35(46)31(17-23-19-39-29-9-5-3-7-26(23)29)41-34(45)28(38)16-22-11-13-25(44)14-12-22/h3-14,19-21,28,31-33,39-40,44H,15-18,38H2,1-2H3,(H,41,45)(H,42,46)(H,43,47)(H,48,49). The smallest absolute Gasteiger partial charge is 0.326 e. The maximum absolute atomic E-state index is 14.2. The minimum atomic E-state index is -1.17. The Kier molecular flexibility index (Phi) is 11.0. The van der Waals surface area contributed by atoms with E-state index in [1.54, 1.807) is 24.5 Å².